The summed E-state index contributed by atoms with van der Waals surface area (Å²) >= 11 is 5.39. The Hall–Kier alpha value is -2.19. The molecule has 0 fully saturated rings. The third-order valence-electron chi connectivity index (χ3n) is 4.68. The molecule has 2 atom stereocenters. The molecule has 3 aliphatic rings. The van der Waals surface area contributed by atoms with Gasteiger partial charge in [0.15, 0.2) is 5.54 Å². The third kappa shape index (κ3) is 1.43. The Kier molecular flexibility index (Phi) is 2.48. The van der Waals surface area contributed by atoms with E-state index in [0.29, 0.717) is 4.99 Å². The van der Waals surface area contributed by atoms with Crippen LogP contribution in [0.3, 0.4) is 0 Å². The third-order valence-corrected chi connectivity index (χ3v) is 5.02. The fraction of sp³-hybridized carbons (Fsp3) is 0.312. The average molecular weight is 295 g/mol. The molecule has 0 aromatic heterocycles. The molecule has 1 aliphatic carbocycles. The predicted molar refractivity (Wildman–Crippen MR) is 82.5 cm³/mol. The topological polar surface area (TPSA) is 64.9 Å². The van der Waals surface area contributed by atoms with Crippen LogP contribution in [0.1, 0.15) is 24.8 Å². The van der Waals surface area contributed by atoms with Gasteiger partial charge in [-0.3, -0.25) is 4.79 Å². The van der Waals surface area contributed by atoms with Crippen LogP contribution in [0, 0.1) is 17.2 Å². The molecule has 4 nitrogen and oxygen atoms in total. The Balaban J connectivity index is 2.01. The van der Waals surface area contributed by atoms with Crippen LogP contribution in [0.15, 0.2) is 35.4 Å². The Labute approximate surface area is 127 Å². The van der Waals surface area contributed by atoms with Gasteiger partial charge in [0.2, 0.25) is 0 Å². The molecule has 0 unspecified atom stereocenters. The molecule has 2 aliphatic heterocycles. The molecule has 1 amide bonds. The summed E-state index contributed by atoms with van der Waals surface area (Å²) in [5.74, 6) is -0.472. The summed E-state index contributed by atoms with van der Waals surface area (Å²) in [5.41, 5.74) is 2.95. The van der Waals surface area contributed by atoms with E-state index in [2.05, 4.69) is 16.7 Å². The van der Waals surface area contributed by atoms with Gasteiger partial charge in [-0.1, -0.05) is 30.4 Å². The maximum Gasteiger partial charge on any atom is 0.259 e. The number of para-hydroxylation sites is 1. The number of amides is 1. The molecule has 0 saturated carbocycles. The second-order valence-corrected chi connectivity index (χ2v) is 6.10. The van der Waals surface area contributed by atoms with Gasteiger partial charge < -0.3 is 10.6 Å². The maximum absolute atomic E-state index is 12.7. The van der Waals surface area contributed by atoms with E-state index in [1.54, 1.807) is 0 Å². The lowest BCUT2D eigenvalue weighted by Crippen LogP contribution is -2.56. The first kappa shape index (κ1) is 12.5. The monoisotopic (exact) mass is 295 g/mol. The van der Waals surface area contributed by atoms with Gasteiger partial charge >= 0.3 is 0 Å². The quantitative estimate of drug-likeness (QED) is 0.570. The number of carbonyl (C=O) groups is 1. The lowest BCUT2D eigenvalue weighted by atomic mass is 9.76. The molecular weight excluding hydrogens is 282 g/mol. The SMILES string of the molecule is N#C[C@H]1C(=S)N[C@]2(C(=O)Nc3ccccc32)C2=C1CCC2. The summed E-state index contributed by atoms with van der Waals surface area (Å²) in [7, 11) is 0. The van der Waals surface area contributed by atoms with Crippen molar-refractivity contribution in [3.05, 3.63) is 41.0 Å². The van der Waals surface area contributed by atoms with E-state index in [4.69, 9.17) is 12.2 Å². The first-order chi connectivity index (χ1) is 10.2. The highest BCUT2D eigenvalue weighted by Crippen LogP contribution is 2.50. The van der Waals surface area contributed by atoms with Gasteiger partial charge in [0.05, 0.1) is 11.1 Å². The molecule has 21 heavy (non-hydrogen) atoms. The van der Waals surface area contributed by atoms with Crippen LogP contribution in [-0.4, -0.2) is 10.9 Å². The van der Waals surface area contributed by atoms with Crippen molar-refractivity contribution in [3.8, 4) is 6.07 Å². The number of hydrogen-bond donors (Lipinski definition) is 2. The number of thiocarbonyl (C=S) groups is 1. The van der Waals surface area contributed by atoms with Crippen molar-refractivity contribution in [3.63, 3.8) is 0 Å². The fourth-order valence-corrected chi connectivity index (χ4v) is 4.17. The molecule has 0 saturated heterocycles. The van der Waals surface area contributed by atoms with Crippen molar-refractivity contribution < 1.29 is 4.79 Å². The van der Waals surface area contributed by atoms with Crippen molar-refractivity contribution in [2.45, 2.75) is 24.8 Å². The zero-order valence-corrected chi connectivity index (χ0v) is 12.1. The zero-order chi connectivity index (χ0) is 14.6. The minimum absolute atomic E-state index is 0.0863. The van der Waals surface area contributed by atoms with Crippen LogP contribution in [0.4, 0.5) is 5.69 Å². The van der Waals surface area contributed by atoms with Crippen molar-refractivity contribution >= 4 is 28.8 Å². The van der Waals surface area contributed by atoms with Gasteiger partial charge in [0.25, 0.3) is 5.91 Å². The Morgan fingerprint density at radius 3 is 2.95 bits per heavy atom. The van der Waals surface area contributed by atoms with Gasteiger partial charge in [-0.2, -0.15) is 5.26 Å². The first-order valence-electron chi connectivity index (χ1n) is 7.03. The molecule has 1 aromatic rings. The second-order valence-electron chi connectivity index (χ2n) is 5.66. The number of nitriles is 1. The van der Waals surface area contributed by atoms with Gasteiger partial charge in [0, 0.05) is 11.3 Å². The molecule has 104 valence electrons. The van der Waals surface area contributed by atoms with Crippen molar-refractivity contribution in [2.24, 2.45) is 5.92 Å². The summed E-state index contributed by atoms with van der Waals surface area (Å²) in [6, 6.07) is 9.97. The number of benzene rings is 1. The maximum atomic E-state index is 12.7. The molecule has 0 bridgehead atoms. The van der Waals surface area contributed by atoms with E-state index in [9.17, 15) is 10.1 Å². The number of nitrogens with one attached hydrogen (secondary N) is 2. The minimum Gasteiger partial charge on any atom is -0.357 e. The van der Waals surface area contributed by atoms with Crippen molar-refractivity contribution in [1.29, 1.82) is 5.26 Å². The molecular formula is C16H13N3OS. The Morgan fingerprint density at radius 2 is 2.14 bits per heavy atom. The molecule has 4 rings (SSSR count). The highest BCUT2D eigenvalue weighted by Gasteiger charge is 2.55. The molecule has 2 heterocycles. The van der Waals surface area contributed by atoms with Gasteiger partial charge in [-0.05, 0) is 36.5 Å². The number of nitrogens with zero attached hydrogens (tertiary/aromatic N) is 1. The van der Waals surface area contributed by atoms with E-state index >= 15 is 0 Å². The average Bonchev–Trinajstić information content (AvgIpc) is 3.05. The summed E-state index contributed by atoms with van der Waals surface area (Å²) in [6.45, 7) is 0. The van der Waals surface area contributed by atoms with Crippen LogP contribution in [0.2, 0.25) is 0 Å². The lowest BCUT2D eigenvalue weighted by molar-refractivity contribution is -0.120. The van der Waals surface area contributed by atoms with E-state index in [-0.39, 0.29) is 11.8 Å². The van der Waals surface area contributed by atoms with Crippen LogP contribution >= 0.6 is 12.2 Å². The molecule has 1 spiro atoms. The number of hydrogen-bond acceptors (Lipinski definition) is 3. The first-order valence-corrected chi connectivity index (χ1v) is 7.44. The fourth-order valence-electron chi connectivity index (χ4n) is 3.82. The number of fused-ring (bicyclic) bond motifs is 3. The van der Waals surface area contributed by atoms with Crippen LogP contribution in [-0.2, 0) is 10.3 Å². The lowest BCUT2D eigenvalue weighted by Gasteiger charge is -2.38. The van der Waals surface area contributed by atoms with Crippen LogP contribution in [0.25, 0.3) is 0 Å². The van der Waals surface area contributed by atoms with Crippen LogP contribution in [0.5, 0.6) is 0 Å². The largest absolute Gasteiger partial charge is 0.357 e. The van der Waals surface area contributed by atoms with E-state index < -0.39 is 5.54 Å². The number of anilines is 1. The normalized spacial score (nSPS) is 29.8. The minimum atomic E-state index is -0.896. The van der Waals surface area contributed by atoms with E-state index in [0.717, 1.165) is 41.7 Å². The second kappa shape index (κ2) is 4.15. The molecule has 2 N–H and O–H groups in total. The number of carbonyl (C=O) groups excluding carboxylic acids is 1. The molecule has 0 radical (unpaired) electrons. The summed E-state index contributed by atoms with van der Waals surface area (Å²) in [5, 5.41) is 15.5. The molecule has 5 heteroatoms. The Morgan fingerprint density at radius 1 is 1.33 bits per heavy atom. The highest BCUT2D eigenvalue weighted by atomic mass is 32.1. The van der Waals surface area contributed by atoms with Gasteiger partial charge in [-0.25, -0.2) is 0 Å². The van der Waals surface area contributed by atoms with Crippen molar-refractivity contribution in [2.75, 3.05) is 5.32 Å². The van der Waals surface area contributed by atoms with E-state index in [1.807, 2.05) is 24.3 Å². The highest BCUT2D eigenvalue weighted by molar-refractivity contribution is 7.80. The van der Waals surface area contributed by atoms with E-state index in [1.165, 1.54) is 0 Å². The number of rotatable bonds is 0. The van der Waals surface area contributed by atoms with Gasteiger partial charge in [-0.15, -0.1) is 0 Å². The summed E-state index contributed by atoms with van der Waals surface area (Å²) in [4.78, 5) is 13.2. The smallest absolute Gasteiger partial charge is 0.259 e. The summed E-state index contributed by atoms with van der Waals surface area (Å²) < 4.78 is 0. The Bertz CT molecular complexity index is 761. The molecule has 1 aromatic carbocycles. The van der Waals surface area contributed by atoms with Crippen LogP contribution < -0.4 is 10.6 Å². The summed E-state index contributed by atoms with van der Waals surface area (Å²) in [6.07, 6.45) is 2.67. The van der Waals surface area contributed by atoms with Gasteiger partial charge in [0.1, 0.15) is 5.92 Å². The zero-order valence-electron chi connectivity index (χ0n) is 11.3. The van der Waals surface area contributed by atoms with Crippen molar-refractivity contribution in [1.82, 2.24) is 5.32 Å². The standard InChI is InChI=1S/C16H13N3OS/c17-8-10-9-4-3-6-11(9)16(19-14(10)21)12-5-1-2-7-13(12)18-15(16)20/h1-2,5,7,10H,3-4,6H2,(H,18,20)(H,19,21)/t10-,16-/m1/s1. The predicted octanol–water partition coefficient (Wildman–Crippen LogP) is 2.38.